The summed E-state index contributed by atoms with van der Waals surface area (Å²) in [5.41, 5.74) is 2.12. The van der Waals surface area contributed by atoms with Gasteiger partial charge in [-0.25, -0.2) is 0 Å². The second-order valence-corrected chi connectivity index (χ2v) is 5.83. The van der Waals surface area contributed by atoms with E-state index in [9.17, 15) is 14.4 Å². The molecule has 0 bridgehead atoms. The average molecular weight is 345 g/mol. The minimum Gasteiger partial charge on any atom is -0.495 e. The number of carbonyl (C=O) groups excluding carboxylic acids is 2. The number of methoxy groups -OCH3 is 1. The Hall–Kier alpha value is -2.83. The number of aromatic amines is 1. The number of rotatable bonds is 7. The molecule has 1 aromatic heterocycles. The van der Waals surface area contributed by atoms with Crippen LogP contribution in [0.1, 0.15) is 24.5 Å². The summed E-state index contributed by atoms with van der Waals surface area (Å²) >= 11 is 0. The fourth-order valence-electron chi connectivity index (χ4n) is 2.59. The predicted octanol–water partition coefficient (Wildman–Crippen LogP) is 1.03. The van der Waals surface area contributed by atoms with Crippen LogP contribution in [-0.4, -0.2) is 37.0 Å². The van der Waals surface area contributed by atoms with E-state index in [2.05, 4.69) is 15.6 Å². The van der Waals surface area contributed by atoms with Crippen molar-refractivity contribution in [2.45, 2.75) is 26.7 Å². The highest BCUT2D eigenvalue weighted by Crippen LogP contribution is 2.25. The molecule has 0 saturated carbocycles. The molecule has 2 aromatic rings. The van der Waals surface area contributed by atoms with Gasteiger partial charge in [0.15, 0.2) is 0 Å². The van der Waals surface area contributed by atoms with Crippen molar-refractivity contribution in [2.24, 2.45) is 0 Å². The van der Waals surface area contributed by atoms with Gasteiger partial charge in [0, 0.05) is 37.4 Å². The second kappa shape index (κ2) is 8.32. The standard InChI is InChI=1S/C18H23N3O4/c1-11-4-5-15(25-3)17-14(11)10-13(18(24)21-17)6-8-20-16(23)7-9-19-12(2)22/h4-5,10H,6-9H2,1-3H3,(H,19,22)(H,20,23)(H,21,24). The van der Waals surface area contributed by atoms with Crippen LogP contribution < -0.4 is 20.9 Å². The maximum absolute atomic E-state index is 12.3. The van der Waals surface area contributed by atoms with E-state index >= 15 is 0 Å². The number of ether oxygens (including phenoxy) is 1. The first-order valence-electron chi connectivity index (χ1n) is 8.13. The minimum absolute atomic E-state index is 0.163. The molecule has 3 N–H and O–H groups in total. The number of aryl methyl sites for hydroxylation is 1. The minimum atomic E-state index is -0.191. The number of fused-ring (bicyclic) bond motifs is 1. The Bertz CT molecular complexity index is 842. The maximum atomic E-state index is 12.3. The van der Waals surface area contributed by atoms with Crippen molar-refractivity contribution < 1.29 is 14.3 Å². The van der Waals surface area contributed by atoms with E-state index in [1.807, 2.05) is 25.1 Å². The third-order valence-corrected chi connectivity index (χ3v) is 3.94. The van der Waals surface area contributed by atoms with Crippen molar-refractivity contribution in [3.8, 4) is 5.75 Å². The monoisotopic (exact) mass is 345 g/mol. The molecule has 7 heteroatoms. The van der Waals surface area contributed by atoms with Crippen molar-refractivity contribution in [3.63, 3.8) is 0 Å². The number of H-pyrrole nitrogens is 1. The normalized spacial score (nSPS) is 10.5. The van der Waals surface area contributed by atoms with Crippen molar-refractivity contribution >= 4 is 22.7 Å². The van der Waals surface area contributed by atoms with Gasteiger partial charge in [-0.15, -0.1) is 0 Å². The number of hydrogen-bond acceptors (Lipinski definition) is 4. The summed E-state index contributed by atoms with van der Waals surface area (Å²) in [6, 6.07) is 5.60. The molecule has 0 radical (unpaired) electrons. The number of benzene rings is 1. The molecule has 0 atom stereocenters. The Morgan fingerprint density at radius 2 is 1.96 bits per heavy atom. The van der Waals surface area contributed by atoms with E-state index in [1.165, 1.54) is 6.92 Å². The highest BCUT2D eigenvalue weighted by atomic mass is 16.5. The lowest BCUT2D eigenvalue weighted by Gasteiger charge is -2.10. The third kappa shape index (κ3) is 4.82. The van der Waals surface area contributed by atoms with E-state index in [1.54, 1.807) is 7.11 Å². The van der Waals surface area contributed by atoms with Gasteiger partial charge in [0.25, 0.3) is 5.56 Å². The summed E-state index contributed by atoms with van der Waals surface area (Å²) in [5, 5.41) is 6.24. The van der Waals surface area contributed by atoms with Crippen LogP contribution in [0.2, 0.25) is 0 Å². The van der Waals surface area contributed by atoms with Crippen LogP contribution in [-0.2, 0) is 16.0 Å². The summed E-state index contributed by atoms with van der Waals surface area (Å²) in [7, 11) is 1.56. The molecule has 2 rings (SSSR count). The molecule has 1 aromatic carbocycles. The number of carbonyl (C=O) groups is 2. The Kier molecular flexibility index (Phi) is 6.16. The fourth-order valence-corrected chi connectivity index (χ4v) is 2.59. The first-order valence-corrected chi connectivity index (χ1v) is 8.13. The lowest BCUT2D eigenvalue weighted by molar-refractivity contribution is -0.121. The first-order chi connectivity index (χ1) is 11.9. The molecular formula is C18H23N3O4. The average Bonchev–Trinajstić information content (AvgIpc) is 2.56. The zero-order valence-corrected chi connectivity index (χ0v) is 14.7. The molecule has 0 fully saturated rings. The summed E-state index contributed by atoms with van der Waals surface area (Å²) in [4.78, 5) is 37.6. The molecule has 7 nitrogen and oxygen atoms in total. The number of nitrogens with one attached hydrogen (secondary N) is 3. The Labute approximate surface area is 145 Å². The van der Waals surface area contributed by atoms with Gasteiger partial charge in [0.05, 0.1) is 12.6 Å². The van der Waals surface area contributed by atoms with Crippen LogP contribution in [0, 0.1) is 6.92 Å². The fraction of sp³-hybridized carbons (Fsp3) is 0.389. The molecule has 2 amide bonds. The highest BCUT2D eigenvalue weighted by molar-refractivity contribution is 5.87. The van der Waals surface area contributed by atoms with Crippen molar-refractivity contribution in [1.82, 2.24) is 15.6 Å². The van der Waals surface area contributed by atoms with Crippen molar-refractivity contribution in [3.05, 3.63) is 39.7 Å². The predicted molar refractivity (Wildman–Crippen MR) is 95.9 cm³/mol. The summed E-state index contributed by atoms with van der Waals surface area (Å²) in [6.07, 6.45) is 0.637. The van der Waals surface area contributed by atoms with Gasteiger partial charge in [-0.2, -0.15) is 0 Å². The van der Waals surface area contributed by atoms with Crippen LogP contribution in [0.25, 0.3) is 10.9 Å². The largest absolute Gasteiger partial charge is 0.495 e. The first kappa shape index (κ1) is 18.5. The number of aromatic nitrogens is 1. The Balaban J connectivity index is 2.03. The van der Waals surface area contributed by atoms with Gasteiger partial charge in [-0.05, 0) is 31.0 Å². The summed E-state index contributed by atoms with van der Waals surface area (Å²) in [6.45, 7) is 4.03. The molecular weight excluding hydrogens is 322 g/mol. The van der Waals surface area contributed by atoms with Gasteiger partial charge in [0.1, 0.15) is 5.75 Å². The topological polar surface area (TPSA) is 100 Å². The molecule has 0 unspecified atom stereocenters. The summed E-state index contributed by atoms with van der Waals surface area (Å²) < 4.78 is 5.29. The number of hydrogen-bond donors (Lipinski definition) is 3. The highest BCUT2D eigenvalue weighted by Gasteiger charge is 2.09. The smallest absolute Gasteiger partial charge is 0.251 e. The van der Waals surface area contributed by atoms with E-state index in [-0.39, 0.29) is 23.8 Å². The SMILES string of the molecule is COc1ccc(C)c2cc(CCNC(=O)CCNC(C)=O)c(=O)[nH]c12. The zero-order valence-electron chi connectivity index (χ0n) is 14.7. The molecule has 0 saturated heterocycles. The quantitative estimate of drug-likeness (QED) is 0.698. The lowest BCUT2D eigenvalue weighted by atomic mass is 10.1. The van der Waals surface area contributed by atoms with E-state index in [0.29, 0.717) is 36.3 Å². The molecule has 0 aliphatic carbocycles. The van der Waals surface area contributed by atoms with Gasteiger partial charge in [0.2, 0.25) is 11.8 Å². The number of pyridine rings is 1. The van der Waals surface area contributed by atoms with Crippen LogP contribution >= 0.6 is 0 Å². The van der Waals surface area contributed by atoms with Crippen LogP contribution in [0.4, 0.5) is 0 Å². The van der Waals surface area contributed by atoms with Gasteiger partial charge >= 0.3 is 0 Å². The Morgan fingerprint density at radius 3 is 2.64 bits per heavy atom. The zero-order chi connectivity index (χ0) is 18.4. The maximum Gasteiger partial charge on any atom is 0.251 e. The third-order valence-electron chi connectivity index (χ3n) is 3.94. The van der Waals surface area contributed by atoms with E-state index < -0.39 is 0 Å². The van der Waals surface area contributed by atoms with E-state index in [4.69, 9.17) is 4.74 Å². The van der Waals surface area contributed by atoms with Gasteiger partial charge in [-0.1, -0.05) is 6.07 Å². The van der Waals surface area contributed by atoms with Gasteiger partial charge in [-0.3, -0.25) is 14.4 Å². The molecule has 1 heterocycles. The molecule has 0 aliphatic heterocycles. The van der Waals surface area contributed by atoms with Crippen molar-refractivity contribution in [1.29, 1.82) is 0 Å². The lowest BCUT2D eigenvalue weighted by Crippen LogP contribution is -2.31. The summed E-state index contributed by atoms with van der Waals surface area (Å²) in [5.74, 6) is 0.292. The number of amides is 2. The van der Waals surface area contributed by atoms with Crippen LogP contribution in [0.15, 0.2) is 23.0 Å². The second-order valence-electron chi connectivity index (χ2n) is 5.83. The van der Waals surface area contributed by atoms with Crippen LogP contribution in [0.3, 0.4) is 0 Å². The molecule has 134 valence electrons. The van der Waals surface area contributed by atoms with E-state index in [0.717, 1.165) is 10.9 Å². The molecule has 25 heavy (non-hydrogen) atoms. The molecule has 0 aliphatic rings. The van der Waals surface area contributed by atoms with Crippen LogP contribution in [0.5, 0.6) is 5.75 Å². The van der Waals surface area contributed by atoms with Gasteiger partial charge < -0.3 is 20.4 Å². The molecule has 0 spiro atoms. The van der Waals surface area contributed by atoms with Crippen molar-refractivity contribution in [2.75, 3.05) is 20.2 Å². The Morgan fingerprint density at radius 1 is 1.20 bits per heavy atom.